The summed E-state index contributed by atoms with van der Waals surface area (Å²) in [6.45, 7) is 4.29. The molecule has 1 aromatic heterocycles. The summed E-state index contributed by atoms with van der Waals surface area (Å²) >= 11 is 0. The second kappa shape index (κ2) is 6.40. The number of β-amino-alcohol motifs (C(OH)–C–C–N with tert-alkyl or cyclic N) is 1. The summed E-state index contributed by atoms with van der Waals surface area (Å²) in [5, 5.41) is 13.7. The molecule has 0 bridgehead atoms. The Morgan fingerprint density at radius 2 is 2.27 bits per heavy atom. The second-order valence-corrected chi connectivity index (χ2v) is 5.95. The topological polar surface area (TPSA) is 57.5 Å². The molecule has 3 rings (SSSR count). The van der Waals surface area contributed by atoms with E-state index in [0.717, 1.165) is 36.9 Å². The minimum atomic E-state index is -0.398. The molecule has 2 heterocycles. The van der Waals surface area contributed by atoms with Crippen molar-refractivity contribution in [3.8, 4) is 0 Å². The van der Waals surface area contributed by atoms with E-state index in [-0.39, 0.29) is 6.03 Å². The van der Waals surface area contributed by atoms with Crippen molar-refractivity contribution in [2.75, 3.05) is 18.4 Å². The number of likely N-dealkylation sites (tertiary alicyclic amines) is 1. The number of aromatic nitrogens is 1. The molecule has 2 N–H and O–H groups in total. The monoisotopic (exact) mass is 301 g/mol. The van der Waals surface area contributed by atoms with Crippen LogP contribution in [0.3, 0.4) is 0 Å². The van der Waals surface area contributed by atoms with Gasteiger partial charge in [0, 0.05) is 42.4 Å². The number of fused-ring (bicyclic) bond motifs is 1. The van der Waals surface area contributed by atoms with Crippen LogP contribution in [0.4, 0.5) is 10.5 Å². The van der Waals surface area contributed by atoms with Crippen LogP contribution in [0.5, 0.6) is 0 Å². The van der Waals surface area contributed by atoms with E-state index in [9.17, 15) is 9.90 Å². The van der Waals surface area contributed by atoms with Crippen LogP contribution in [0.25, 0.3) is 10.9 Å². The molecular formula is C17H23N3O2. The fourth-order valence-corrected chi connectivity index (χ4v) is 3.06. The Labute approximate surface area is 130 Å². The molecule has 0 aliphatic carbocycles. The Hall–Kier alpha value is -2.01. The minimum Gasteiger partial charge on any atom is -0.391 e. The second-order valence-electron chi connectivity index (χ2n) is 5.95. The van der Waals surface area contributed by atoms with Crippen molar-refractivity contribution in [2.24, 2.45) is 0 Å². The summed E-state index contributed by atoms with van der Waals surface area (Å²) in [6.07, 6.45) is 4.42. The van der Waals surface area contributed by atoms with Crippen molar-refractivity contribution in [2.45, 2.75) is 38.8 Å². The van der Waals surface area contributed by atoms with Gasteiger partial charge >= 0.3 is 6.03 Å². The lowest BCUT2D eigenvalue weighted by molar-refractivity contribution is 0.0883. The zero-order valence-electron chi connectivity index (χ0n) is 13.0. The number of hydrogen-bond acceptors (Lipinski definition) is 2. The van der Waals surface area contributed by atoms with Gasteiger partial charge in [-0.1, -0.05) is 6.92 Å². The molecule has 2 aromatic rings. The highest BCUT2D eigenvalue weighted by molar-refractivity contribution is 5.93. The Morgan fingerprint density at radius 3 is 3.05 bits per heavy atom. The quantitative estimate of drug-likeness (QED) is 0.915. The van der Waals surface area contributed by atoms with Gasteiger partial charge in [0.25, 0.3) is 0 Å². The highest BCUT2D eigenvalue weighted by Gasteiger charge is 2.22. The van der Waals surface area contributed by atoms with Gasteiger partial charge in [-0.15, -0.1) is 0 Å². The standard InChI is InChI=1S/C17H23N3O2/c1-2-8-19-10-7-13-11-14(5-6-16(13)19)18-17(22)20-9-3-4-15(21)12-20/h5-7,10-11,15,21H,2-4,8-9,12H2,1H3,(H,18,22). The van der Waals surface area contributed by atoms with Crippen molar-refractivity contribution in [1.82, 2.24) is 9.47 Å². The molecule has 1 aliphatic rings. The average molecular weight is 301 g/mol. The molecule has 5 nitrogen and oxygen atoms in total. The lowest BCUT2D eigenvalue weighted by atomic mass is 10.1. The fourth-order valence-electron chi connectivity index (χ4n) is 3.06. The van der Waals surface area contributed by atoms with Crippen molar-refractivity contribution in [3.63, 3.8) is 0 Å². The van der Waals surface area contributed by atoms with E-state index in [0.29, 0.717) is 13.1 Å². The number of hydrogen-bond donors (Lipinski definition) is 2. The number of carbonyl (C=O) groups excluding carboxylic acids is 1. The number of rotatable bonds is 3. The summed E-state index contributed by atoms with van der Waals surface area (Å²) < 4.78 is 2.22. The van der Waals surface area contributed by atoms with Crippen LogP contribution in [-0.4, -0.2) is 39.8 Å². The SMILES string of the molecule is CCCn1ccc2cc(NC(=O)N3CCCC(O)C3)ccc21. The molecule has 1 aromatic carbocycles. The number of piperidine rings is 1. The number of anilines is 1. The summed E-state index contributed by atoms with van der Waals surface area (Å²) in [6, 6.07) is 7.93. The third-order valence-electron chi connectivity index (χ3n) is 4.17. The molecule has 22 heavy (non-hydrogen) atoms. The molecule has 0 radical (unpaired) electrons. The van der Waals surface area contributed by atoms with Gasteiger partial charge < -0.3 is 19.9 Å². The Balaban J connectivity index is 1.72. The minimum absolute atomic E-state index is 0.133. The van der Waals surface area contributed by atoms with E-state index in [2.05, 4.69) is 29.1 Å². The van der Waals surface area contributed by atoms with E-state index >= 15 is 0 Å². The third-order valence-corrected chi connectivity index (χ3v) is 4.17. The van der Waals surface area contributed by atoms with E-state index in [4.69, 9.17) is 0 Å². The summed E-state index contributed by atoms with van der Waals surface area (Å²) in [7, 11) is 0. The number of aryl methyl sites for hydroxylation is 1. The smallest absolute Gasteiger partial charge is 0.321 e. The number of amides is 2. The van der Waals surface area contributed by atoms with Crippen molar-refractivity contribution in [1.29, 1.82) is 0 Å². The molecule has 1 saturated heterocycles. The van der Waals surface area contributed by atoms with E-state index in [1.165, 1.54) is 5.52 Å². The van der Waals surface area contributed by atoms with Gasteiger partial charge in [-0.25, -0.2) is 4.79 Å². The highest BCUT2D eigenvalue weighted by atomic mass is 16.3. The molecule has 0 saturated carbocycles. The first-order valence-corrected chi connectivity index (χ1v) is 8.00. The molecule has 1 atom stereocenters. The fraction of sp³-hybridized carbons (Fsp3) is 0.471. The Bertz CT molecular complexity index is 665. The first kappa shape index (κ1) is 14.9. The number of nitrogens with zero attached hydrogens (tertiary/aromatic N) is 2. The maximum absolute atomic E-state index is 12.3. The van der Waals surface area contributed by atoms with Gasteiger partial charge in [-0.05, 0) is 43.5 Å². The molecule has 0 spiro atoms. The van der Waals surface area contributed by atoms with Gasteiger partial charge in [-0.3, -0.25) is 0 Å². The first-order valence-electron chi connectivity index (χ1n) is 8.00. The normalized spacial score (nSPS) is 18.6. The predicted molar refractivity (Wildman–Crippen MR) is 88.1 cm³/mol. The summed E-state index contributed by atoms with van der Waals surface area (Å²) in [5.74, 6) is 0. The van der Waals surface area contributed by atoms with Gasteiger partial charge in [0.1, 0.15) is 0 Å². The lowest BCUT2D eigenvalue weighted by Crippen LogP contribution is -2.44. The lowest BCUT2D eigenvalue weighted by Gasteiger charge is -2.30. The van der Waals surface area contributed by atoms with Gasteiger partial charge in [-0.2, -0.15) is 0 Å². The van der Waals surface area contributed by atoms with Crippen LogP contribution in [0.1, 0.15) is 26.2 Å². The van der Waals surface area contributed by atoms with Crippen LogP contribution in [-0.2, 0) is 6.54 Å². The molecule has 1 unspecified atom stereocenters. The third kappa shape index (κ3) is 3.09. The van der Waals surface area contributed by atoms with Crippen LogP contribution in [0.15, 0.2) is 30.5 Å². The maximum atomic E-state index is 12.3. The van der Waals surface area contributed by atoms with Gasteiger partial charge in [0.05, 0.1) is 6.10 Å². The Morgan fingerprint density at radius 1 is 1.41 bits per heavy atom. The number of aliphatic hydroxyl groups excluding tert-OH is 1. The van der Waals surface area contributed by atoms with E-state index in [1.54, 1.807) is 4.90 Å². The molecule has 2 amide bonds. The number of benzene rings is 1. The van der Waals surface area contributed by atoms with Crippen molar-refractivity contribution >= 4 is 22.6 Å². The highest BCUT2D eigenvalue weighted by Crippen LogP contribution is 2.21. The van der Waals surface area contributed by atoms with Crippen LogP contribution >= 0.6 is 0 Å². The summed E-state index contributed by atoms with van der Waals surface area (Å²) in [4.78, 5) is 13.9. The van der Waals surface area contributed by atoms with Crippen LogP contribution in [0.2, 0.25) is 0 Å². The largest absolute Gasteiger partial charge is 0.391 e. The molecular weight excluding hydrogens is 278 g/mol. The zero-order chi connectivity index (χ0) is 15.5. The van der Waals surface area contributed by atoms with E-state index < -0.39 is 6.10 Å². The first-order chi connectivity index (χ1) is 10.7. The van der Waals surface area contributed by atoms with Crippen LogP contribution < -0.4 is 5.32 Å². The van der Waals surface area contributed by atoms with E-state index in [1.807, 2.05) is 18.2 Å². The summed E-state index contributed by atoms with van der Waals surface area (Å²) in [5.41, 5.74) is 1.99. The maximum Gasteiger partial charge on any atom is 0.321 e. The molecule has 1 fully saturated rings. The average Bonchev–Trinajstić information content (AvgIpc) is 2.90. The number of aliphatic hydroxyl groups is 1. The predicted octanol–water partition coefficient (Wildman–Crippen LogP) is 3.04. The zero-order valence-corrected chi connectivity index (χ0v) is 13.0. The van der Waals surface area contributed by atoms with Crippen LogP contribution in [0, 0.1) is 0 Å². The molecule has 1 aliphatic heterocycles. The number of urea groups is 1. The van der Waals surface area contributed by atoms with Crippen molar-refractivity contribution in [3.05, 3.63) is 30.5 Å². The van der Waals surface area contributed by atoms with Gasteiger partial charge in [0.2, 0.25) is 0 Å². The number of nitrogens with one attached hydrogen (secondary N) is 1. The Kier molecular flexibility index (Phi) is 4.34. The van der Waals surface area contributed by atoms with Gasteiger partial charge in [0.15, 0.2) is 0 Å². The number of carbonyl (C=O) groups is 1. The molecule has 118 valence electrons. The van der Waals surface area contributed by atoms with Crippen molar-refractivity contribution < 1.29 is 9.90 Å². The molecule has 5 heteroatoms.